The summed E-state index contributed by atoms with van der Waals surface area (Å²) in [5.74, 6) is 0.563. The molecule has 0 amide bonds. The third-order valence-electron chi connectivity index (χ3n) is 5.53. The molecular formula is C25H53NO5S. The zero-order chi connectivity index (χ0) is 24.8. The lowest BCUT2D eigenvalue weighted by molar-refractivity contribution is -0.146. The van der Waals surface area contributed by atoms with Gasteiger partial charge in [0.15, 0.2) is 0 Å². The maximum atomic E-state index is 11.6. The Morgan fingerprint density at radius 2 is 1.12 bits per heavy atom. The van der Waals surface area contributed by atoms with Crippen LogP contribution >= 0.6 is 0 Å². The molecule has 0 saturated heterocycles. The molecule has 0 aliphatic heterocycles. The van der Waals surface area contributed by atoms with Crippen molar-refractivity contribution in [2.75, 3.05) is 12.4 Å². The van der Waals surface area contributed by atoms with Crippen molar-refractivity contribution in [2.24, 2.45) is 17.6 Å². The maximum Gasteiger partial charge on any atom is 0.323 e. The second-order valence-electron chi connectivity index (χ2n) is 9.59. The van der Waals surface area contributed by atoms with Crippen molar-refractivity contribution in [1.29, 1.82) is 0 Å². The molecule has 32 heavy (non-hydrogen) atoms. The van der Waals surface area contributed by atoms with E-state index in [0.717, 1.165) is 18.8 Å². The van der Waals surface area contributed by atoms with Gasteiger partial charge in [-0.15, -0.1) is 0 Å². The zero-order valence-corrected chi connectivity index (χ0v) is 22.4. The molecule has 1 atom stereocenters. The minimum Gasteiger partial charge on any atom is -0.465 e. The first-order valence-electron chi connectivity index (χ1n) is 12.9. The SMILES string of the molecule is CC(C)CCCCCCCCCCCCCCCOC(=O)[C@@H](N)C(C)C.CCS(=O)(=O)O. The molecule has 7 heteroatoms. The van der Waals surface area contributed by atoms with Gasteiger partial charge in [-0.3, -0.25) is 9.35 Å². The number of ether oxygens (including phenoxy) is 1. The van der Waals surface area contributed by atoms with Crippen LogP contribution in [-0.4, -0.2) is 37.3 Å². The van der Waals surface area contributed by atoms with E-state index in [1.165, 1.54) is 84.0 Å². The van der Waals surface area contributed by atoms with Crippen molar-refractivity contribution in [3.8, 4) is 0 Å². The predicted molar refractivity (Wildman–Crippen MR) is 135 cm³/mol. The Kier molecular flexibility index (Phi) is 23.2. The van der Waals surface area contributed by atoms with Crippen LogP contribution in [0.15, 0.2) is 0 Å². The summed E-state index contributed by atoms with van der Waals surface area (Å²) in [4.78, 5) is 11.6. The topological polar surface area (TPSA) is 107 Å². The van der Waals surface area contributed by atoms with E-state index < -0.39 is 16.2 Å². The summed E-state index contributed by atoms with van der Waals surface area (Å²) in [6.45, 7) is 10.4. The third-order valence-corrected chi connectivity index (χ3v) is 6.25. The Labute approximate surface area is 199 Å². The van der Waals surface area contributed by atoms with Crippen LogP contribution in [0.2, 0.25) is 0 Å². The average molecular weight is 480 g/mol. The Morgan fingerprint density at radius 3 is 1.44 bits per heavy atom. The fourth-order valence-electron chi connectivity index (χ4n) is 3.14. The van der Waals surface area contributed by atoms with E-state index in [4.69, 9.17) is 15.0 Å². The number of carbonyl (C=O) groups excluding carboxylic acids is 1. The number of carbonyl (C=O) groups is 1. The summed E-state index contributed by atoms with van der Waals surface area (Å²) in [6.07, 6.45) is 18.8. The van der Waals surface area contributed by atoms with Gasteiger partial charge in [0.1, 0.15) is 6.04 Å². The van der Waals surface area contributed by atoms with Crippen LogP contribution in [0.4, 0.5) is 0 Å². The number of nitrogens with two attached hydrogens (primary N) is 1. The van der Waals surface area contributed by atoms with Gasteiger partial charge in [0.2, 0.25) is 0 Å². The Bertz CT molecular complexity index is 520. The molecule has 0 aromatic heterocycles. The van der Waals surface area contributed by atoms with Crippen LogP contribution in [0.3, 0.4) is 0 Å². The van der Waals surface area contributed by atoms with E-state index >= 15 is 0 Å². The van der Waals surface area contributed by atoms with Crippen LogP contribution in [0, 0.1) is 11.8 Å². The molecule has 0 saturated carbocycles. The van der Waals surface area contributed by atoms with Gasteiger partial charge >= 0.3 is 5.97 Å². The molecule has 0 unspecified atom stereocenters. The van der Waals surface area contributed by atoms with Gasteiger partial charge in [-0.2, -0.15) is 8.42 Å². The monoisotopic (exact) mass is 479 g/mol. The largest absolute Gasteiger partial charge is 0.465 e. The molecule has 0 rings (SSSR count). The lowest BCUT2D eigenvalue weighted by atomic mass is 10.0. The van der Waals surface area contributed by atoms with Gasteiger partial charge < -0.3 is 10.5 Å². The van der Waals surface area contributed by atoms with E-state index in [9.17, 15) is 13.2 Å². The van der Waals surface area contributed by atoms with Crippen molar-refractivity contribution in [3.05, 3.63) is 0 Å². The standard InChI is InChI=1S/C23H47NO2.C2H6O3S/c1-20(2)18-16-14-12-10-8-6-5-7-9-11-13-15-17-19-26-23(25)22(24)21(3)4;1-2-6(3,4)5/h20-22H,5-19,24H2,1-4H3;2H2,1H3,(H,3,4,5)/t22-;/m0./s1. The Balaban J connectivity index is 0. The molecule has 3 N–H and O–H groups in total. The molecule has 0 aromatic rings. The van der Waals surface area contributed by atoms with Crippen LogP contribution < -0.4 is 5.73 Å². The molecule has 0 bridgehead atoms. The van der Waals surface area contributed by atoms with Crippen molar-refractivity contribution in [3.63, 3.8) is 0 Å². The number of hydrogen-bond acceptors (Lipinski definition) is 5. The number of unbranched alkanes of at least 4 members (excludes halogenated alkanes) is 12. The van der Waals surface area contributed by atoms with Gasteiger partial charge in [-0.1, -0.05) is 111 Å². The second-order valence-corrected chi connectivity index (χ2v) is 11.3. The van der Waals surface area contributed by atoms with Gasteiger partial charge in [0.05, 0.1) is 12.4 Å². The molecule has 0 aromatic carbocycles. The first-order valence-corrected chi connectivity index (χ1v) is 14.5. The van der Waals surface area contributed by atoms with Crippen molar-refractivity contribution in [1.82, 2.24) is 0 Å². The highest BCUT2D eigenvalue weighted by molar-refractivity contribution is 7.85. The molecule has 6 nitrogen and oxygen atoms in total. The molecule has 0 fully saturated rings. The van der Waals surface area contributed by atoms with Crippen LogP contribution in [-0.2, 0) is 19.6 Å². The lowest BCUT2D eigenvalue weighted by Crippen LogP contribution is -2.37. The van der Waals surface area contributed by atoms with Crippen molar-refractivity contribution < 1.29 is 22.5 Å². The molecular weight excluding hydrogens is 426 g/mol. The maximum absolute atomic E-state index is 11.6. The fourth-order valence-corrected chi connectivity index (χ4v) is 3.14. The van der Waals surface area contributed by atoms with Crippen LogP contribution in [0.5, 0.6) is 0 Å². The van der Waals surface area contributed by atoms with Gasteiger partial charge in [0.25, 0.3) is 10.1 Å². The summed E-state index contributed by atoms with van der Waals surface area (Å²) in [5, 5.41) is 0. The highest BCUT2D eigenvalue weighted by Gasteiger charge is 2.18. The minimum absolute atomic E-state index is 0.146. The quantitative estimate of drug-likeness (QED) is 0.124. The number of hydrogen-bond donors (Lipinski definition) is 2. The second kappa shape index (κ2) is 22.1. The molecule has 0 radical (unpaired) electrons. The predicted octanol–water partition coefficient (Wildman–Crippen LogP) is 6.52. The lowest BCUT2D eigenvalue weighted by Gasteiger charge is -2.14. The molecule has 0 aliphatic carbocycles. The average Bonchev–Trinajstić information content (AvgIpc) is 2.72. The molecule has 0 heterocycles. The molecule has 0 aliphatic rings. The Hall–Kier alpha value is -0.660. The molecule has 0 spiro atoms. The summed E-state index contributed by atoms with van der Waals surface area (Å²) >= 11 is 0. The highest BCUT2D eigenvalue weighted by Crippen LogP contribution is 2.14. The third kappa shape index (κ3) is 27.4. The van der Waals surface area contributed by atoms with Crippen molar-refractivity contribution >= 4 is 16.1 Å². The van der Waals surface area contributed by atoms with Crippen LogP contribution in [0.1, 0.15) is 125 Å². The summed E-state index contributed by atoms with van der Waals surface area (Å²) < 4.78 is 32.1. The summed E-state index contributed by atoms with van der Waals surface area (Å²) in [6, 6.07) is -0.477. The number of esters is 1. The first kappa shape index (κ1) is 33.5. The normalized spacial score (nSPS) is 12.5. The van der Waals surface area contributed by atoms with E-state index in [0.29, 0.717) is 6.61 Å². The first-order chi connectivity index (χ1) is 15.0. The van der Waals surface area contributed by atoms with Gasteiger partial charge in [0, 0.05) is 0 Å². The van der Waals surface area contributed by atoms with Crippen molar-refractivity contribution in [2.45, 2.75) is 131 Å². The minimum atomic E-state index is -3.66. The molecule has 194 valence electrons. The van der Waals surface area contributed by atoms with Crippen LogP contribution in [0.25, 0.3) is 0 Å². The smallest absolute Gasteiger partial charge is 0.323 e. The van der Waals surface area contributed by atoms with Gasteiger partial charge in [-0.05, 0) is 25.2 Å². The highest BCUT2D eigenvalue weighted by atomic mass is 32.2. The van der Waals surface area contributed by atoms with E-state index in [2.05, 4.69) is 13.8 Å². The van der Waals surface area contributed by atoms with E-state index in [1.807, 2.05) is 13.8 Å². The van der Waals surface area contributed by atoms with E-state index in [-0.39, 0.29) is 17.6 Å². The summed E-state index contributed by atoms with van der Waals surface area (Å²) in [5.41, 5.74) is 5.76. The fraction of sp³-hybridized carbons (Fsp3) is 0.960. The van der Waals surface area contributed by atoms with Gasteiger partial charge in [-0.25, -0.2) is 0 Å². The van der Waals surface area contributed by atoms with E-state index in [1.54, 1.807) is 0 Å². The summed E-state index contributed by atoms with van der Waals surface area (Å²) in [7, 11) is -3.66. The Morgan fingerprint density at radius 1 is 0.781 bits per heavy atom. The zero-order valence-electron chi connectivity index (χ0n) is 21.6. The number of rotatable bonds is 19.